The molecule has 4 heterocycles. The molecule has 192 valence electrons. The summed E-state index contributed by atoms with van der Waals surface area (Å²) in [7, 11) is 1.51. The summed E-state index contributed by atoms with van der Waals surface area (Å²) in [6, 6.07) is 5.31. The molecule has 8 nitrogen and oxygen atoms in total. The molecule has 1 amide bonds. The van der Waals surface area contributed by atoms with Crippen LogP contribution in [0.25, 0.3) is 5.57 Å². The van der Waals surface area contributed by atoms with Crippen molar-refractivity contribution in [3.05, 3.63) is 46.8 Å². The van der Waals surface area contributed by atoms with Crippen molar-refractivity contribution in [2.45, 2.75) is 44.9 Å². The SMILES string of the molecule is CN/C=C(\C(=N)C(F)(F)F)c1ccc2c(c1)CCN2c1nn([C@H]2CCOC2)c2c1CN(C(C)=O)CC2. The average Bonchev–Trinajstić information content (AvgIpc) is 3.58. The molecule has 1 saturated heterocycles. The van der Waals surface area contributed by atoms with Crippen LogP contribution >= 0.6 is 0 Å². The number of nitrogens with one attached hydrogen (secondary N) is 2. The number of carbonyl (C=O) groups is 1. The predicted octanol–water partition coefficient (Wildman–Crippen LogP) is 3.59. The van der Waals surface area contributed by atoms with Crippen LogP contribution in [0.15, 0.2) is 24.4 Å². The van der Waals surface area contributed by atoms with Crippen LogP contribution in [-0.4, -0.2) is 65.8 Å². The summed E-state index contributed by atoms with van der Waals surface area (Å²) in [4.78, 5) is 16.1. The van der Waals surface area contributed by atoms with E-state index in [0.717, 1.165) is 41.2 Å². The summed E-state index contributed by atoms with van der Waals surface area (Å²) in [5.74, 6) is 0.814. The highest BCUT2D eigenvalue weighted by atomic mass is 19.4. The molecule has 2 aromatic rings. The highest BCUT2D eigenvalue weighted by Gasteiger charge is 2.38. The Hall–Kier alpha value is -3.34. The van der Waals surface area contributed by atoms with Crippen LogP contribution in [0.3, 0.4) is 0 Å². The van der Waals surface area contributed by atoms with Crippen molar-refractivity contribution >= 4 is 28.7 Å². The van der Waals surface area contributed by atoms with Crippen LogP contribution in [0.5, 0.6) is 0 Å². The van der Waals surface area contributed by atoms with Gasteiger partial charge in [-0.15, -0.1) is 0 Å². The van der Waals surface area contributed by atoms with E-state index in [-0.39, 0.29) is 17.5 Å². The number of ether oxygens (including phenoxy) is 1. The second kappa shape index (κ2) is 9.27. The van der Waals surface area contributed by atoms with E-state index in [2.05, 4.69) is 14.9 Å². The molecule has 0 radical (unpaired) electrons. The number of allylic oxidation sites excluding steroid dienone is 1. The van der Waals surface area contributed by atoms with Crippen LogP contribution in [0.2, 0.25) is 0 Å². The first-order valence-electron chi connectivity index (χ1n) is 12.1. The number of carbonyl (C=O) groups excluding carboxylic acids is 1. The number of rotatable bonds is 5. The molecule has 1 aromatic carbocycles. The first kappa shape index (κ1) is 24.4. The lowest BCUT2D eigenvalue weighted by molar-refractivity contribution is -0.129. The number of hydrogen-bond donors (Lipinski definition) is 2. The Morgan fingerprint density at radius 2 is 2.08 bits per heavy atom. The average molecular weight is 503 g/mol. The topological polar surface area (TPSA) is 86.5 Å². The standard InChI is InChI=1S/C25H29F3N6O2/c1-15(35)32-8-6-22-20(13-32)24(31-34(22)18-7-10-36-14-18)33-9-5-17-11-16(3-4-21(17)33)19(12-30-2)23(29)25(26,27)28/h3-4,11-12,18,29-30H,5-10,13-14H2,1-2H3/b19-12-,29-23?/t18-/m0/s1. The van der Waals surface area contributed by atoms with Gasteiger partial charge in [-0.1, -0.05) is 6.07 Å². The van der Waals surface area contributed by atoms with Gasteiger partial charge in [-0.2, -0.15) is 18.3 Å². The fraction of sp³-hybridized carbons (Fsp3) is 0.480. The van der Waals surface area contributed by atoms with E-state index in [1.807, 2.05) is 4.90 Å². The van der Waals surface area contributed by atoms with Crippen molar-refractivity contribution < 1.29 is 22.7 Å². The molecule has 1 atom stereocenters. The highest BCUT2D eigenvalue weighted by molar-refractivity contribution is 6.25. The van der Waals surface area contributed by atoms with Gasteiger partial charge >= 0.3 is 6.18 Å². The third-order valence-electron chi connectivity index (χ3n) is 7.14. The van der Waals surface area contributed by atoms with Gasteiger partial charge in [0.25, 0.3) is 0 Å². The van der Waals surface area contributed by atoms with E-state index in [4.69, 9.17) is 15.2 Å². The number of hydrogen-bond acceptors (Lipinski definition) is 6. The van der Waals surface area contributed by atoms with Gasteiger partial charge < -0.3 is 19.9 Å². The van der Waals surface area contributed by atoms with E-state index in [1.54, 1.807) is 25.1 Å². The minimum absolute atomic E-state index is 0.0194. The third-order valence-corrected chi connectivity index (χ3v) is 7.14. The molecule has 0 spiro atoms. The summed E-state index contributed by atoms with van der Waals surface area (Å²) in [6.07, 6.45) is -1.29. The monoisotopic (exact) mass is 502 g/mol. The summed E-state index contributed by atoms with van der Waals surface area (Å²) in [6.45, 7) is 4.63. The van der Waals surface area contributed by atoms with Crippen molar-refractivity contribution in [2.24, 2.45) is 0 Å². The van der Waals surface area contributed by atoms with E-state index in [0.29, 0.717) is 44.8 Å². The number of benzene rings is 1. The molecule has 11 heteroatoms. The van der Waals surface area contributed by atoms with Crippen molar-refractivity contribution in [1.29, 1.82) is 5.41 Å². The minimum atomic E-state index is -4.74. The van der Waals surface area contributed by atoms with E-state index < -0.39 is 11.9 Å². The van der Waals surface area contributed by atoms with Crippen LogP contribution in [0.4, 0.5) is 24.7 Å². The van der Waals surface area contributed by atoms with Crippen molar-refractivity contribution in [3.8, 4) is 0 Å². The van der Waals surface area contributed by atoms with Crippen LogP contribution in [0, 0.1) is 5.41 Å². The molecule has 0 aliphatic carbocycles. The van der Waals surface area contributed by atoms with E-state index in [9.17, 15) is 18.0 Å². The lowest BCUT2D eigenvalue weighted by Gasteiger charge is -2.28. The number of anilines is 2. The predicted molar refractivity (Wildman–Crippen MR) is 129 cm³/mol. The molecule has 0 bridgehead atoms. The Morgan fingerprint density at radius 1 is 1.28 bits per heavy atom. The summed E-state index contributed by atoms with van der Waals surface area (Å²) in [5.41, 5.74) is 2.68. The van der Waals surface area contributed by atoms with E-state index >= 15 is 0 Å². The molecule has 1 fully saturated rings. The van der Waals surface area contributed by atoms with Gasteiger partial charge in [0, 0.05) is 68.8 Å². The fourth-order valence-electron chi connectivity index (χ4n) is 5.32. The molecular formula is C25H29F3N6O2. The maximum atomic E-state index is 13.3. The first-order valence-corrected chi connectivity index (χ1v) is 12.1. The molecule has 1 aromatic heterocycles. The van der Waals surface area contributed by atoms with Gasteiger partial charge in [0.05, 0.1) is 19.2 Å². The molecule has 3 aliphatic heterocycles. The number of nitrogens with zero attached hydrogens (tertiary/aromatic N) is 4. The van der Waals surface area contributed by atoms with Crippen molar-refractivity contribution in [3.63, 3.8) is 0 Å². The molecule has 0 saturated carbocycles. The second-order valence-electron chi connectivity index (χ2n) is 9.37. The number of aromatic nitrogens is 2. The zero-order valence-electron chi connectivity index (χ0n) is 20.3. The zero-order chi connectivity index (χ0) is 25.6. The highest BCUT2D eigenvalue weighted by Crippen LogP contribution is 2.41. The Bertz CT molecular complexity index is 1230. The second-order valence-corrected chi connectivity index (χ2v) is 9.37. The Kier molecular flexibility index (Phi) is 6.27. The lowest BCUT2D eigenvalue weighted by atomic mass is 9.98. The van der Waals surface area contributed by atoms with Gasteiger partial charge in [-0.25, -0.2) is 0 Å². The lowest BCUT2D eigenvalue weighted by Crippen LogP contribution is -2.35. The normalized spacial score (nSPS) is 19.9. The summed E-state index contributed by atoms with van der Waals surface area (Å²) < 4.78 is 47.6. The Balaban J connectivity index is 1.52. The zero-order valence-corrected chi connectivity index (χ0v) is 20.3. The summed E-state index contributed by atoms with van der Waals surface area (Å²) in [5, 5.41) is 15.3. The van der Waals surface area contributed by atoms with Gasteiger partial charge in [0.15, 0.2) is 5.82 Å². The van der Waals surface area contributed by atoms with Gasteiger partial charge in [0.2, 0.25) is 5.91 Å². The molecule has 5 rings (SSSR count). The fourth-order valence-corrected chi connectivity index (χ4v) is 5.32. The molecule has 36 heavy (non-hydrogen) atoms. The van der Waals surface area contributed by atoms with Crippen molar-refractivity contribution in [2.75, 3.05) is 38.3 Å². The molecule has 3 aliphatic rings. The van der Waals surface area contributed by atoms with Crippen LogP contribution in [-0.2, 0) is 28.9 Å². The Morgan fingerprint density at radius 3 is 2.75 bits per heavy atom. The smallest absolute Gasteiger partial charge is 0.393 e. The molecular weight excluding hydrogens is 473 g/mol. The minimum Gasteiger partial charge on any atom is -0.393 e. The maximum absolute atomic E-state index is 13.3. The molecule has 0 unspecified atom stereocenters. The van der Waals surface area contributed by atoms with Gasteiger partial charge in [0.1, 0.15) is 5.71 Å². The number of halogens is 3. The third kappa shape index (κ3) is 4.25. The molecule has 2 N–H and O–H groups in total. The van der Waals surface area contributed by atoms with E-state index in [1.165, 1.54) is 13.2 Å². The van der Waals surface area contributed by atoms with Gasteiger partial charge in [-0.3, -0.25) is 14.9 Å². The largest absolute Gasteiger partial charge is 0.433 e. The number of alkyl halides is 3. The number of fused-ring (bicyclic) bond motifs is 2. The first-order chi connectivity index (χ1) is 17.2. The summed E-state index contributed by atoms with van der Waals surface area (Å²) >= 11 is 0. The van der Waals surface area contributed by atoms with Crippen molar-refractivity contribution in [1.82, 2.24) is 20.0 Å². The Labute approximate surface area is 207 Å². The van der Waals surface area contributed by atoms with Crippen LogP contribution in [0.1, 0.15) is 41.8 Å². The van der Waals surface area contributed by atoms with Crippen LogP contribution < -0.4 is 10.2 Å². The van der Waals surface area contributed by atoms with Gasteiger partial charge in [-0.05, 0) is 36.1 Å². The quantitative estimate of drug-likeness (QED) is 0.611. The number of amides is 1. The maximum Gasteiger partial charge on any atom is 0.433 e.